The number of rotatable bonds is 6. The van der Waals surface area contributed by atoms with Crippen LogP contribution in [0, 0.1) is 6.92 Å². The Balaban J connectivity index is 1.28. The number of nitrogens with zero attached hydrogens (tertiary/aromatic N) is 3. The van der Waals surface area contributed by atoms with Crippen LogP contribution in [-0.2, 0) is 0 Å². The third-order valence-corrected chi connectivity index (χ3v) is 6.12. The first-order valence-electron chi connectivity index (χ1n) is 9.78. The highest BCUT2D eigenvalue weighted by Gasteiger charge is 2.11. The van der Waals surface area contributed by atoms with Crippen LogP contribution in [0.3, 0.4) is 0 Å². The third-order valence-electron chi connectivity index (χ3n) is 5.10. The van der Waals surface area contributed by atoms with E-state index in [0.29, 0.717) is 6.61 Å². The average molecular weight is 400 g/mol. The topological polar surface area (TPSA) is 39.4 Å². The first-order valence-corrected chi connectivity index (χ1v) is 10.8. The minimum Gasteiger partial charge on any atom is -0.493 e. The molecule has 5 rings (SSSR count). The number of hydrogen-bond acceptors (Lipinski definition) is 4. The molecule has 0 amide bonds. The number of aromatic nitrogens is 3. The Labute approximate surface area is 173 Å². The number of thioether (sulfide) groups is 1. The summed E-state index contributed by atoms with van der Waals surface area (Å²) >= 11 is 1.73. The van der Waals surface area contributed by atoms with Crippen LogP contribution in [0.2, 0.25) is 0 Å². The van der Waals surface area contributed by atoms with Gasteiger partial charge in [0, 0.05) is 16.5 Å². The zero-order chi connectivity index (χ0) is 19.6. The minimum absolute atomic E-state index is 0.678. The molecule has 0 aliphatic heterocycles. The highest BCUT2D eigenvalue weighted by atomic mass is 32.2. The molecule has 0 fully saturated rings. The average Bonchev–Trinajstić information content (AvgIpc) is 3.16. The number of pyridine rings is 1. The highest BCUT2D eigenvalue weighted by molar-refractivity contribution is 7.99. The lowest BCUT2D eigenvalue weighted by atomic mass is 10.1. The number of ether oxygens (including phenoxy) is 1. The van der Waals surface area contributed by atoms with Crippen molar-refractivity contribution < 1.29 is 4.74 Å². The molecule has 0 saturated carbocycles. The van der Waals surface area contributed by atoms with Crippen molar-refractivity contribution in [2.45, 2.75) is 18.5 Å². The Morgan fingerprint density at radius 3 is 2.62 bits per heavy atom. The lowest BCUT2D eigenvalue weighted by molar-refractivity contribution is 0.322. The normalized spacial score (nSPS) is 11.5. The van der Waals surface area contributed by atoms with E-state index in [4.69, 9.17) is 4.74 Å². The molecular formula is C24H21N3OS. The van der Waals surface area contributed by atoms with Crippen LogP contribution >= 0.6 is 11.8 Å². The lowest BCUT2D eigenvalue weighted by Crippen LogP contribution is -2.00. The van der Waals surface area contributed by atoms with Crippen molar-refractivity contribution >= 4 is 39.1 Å². The van der Waals surface area contributed by atoms with E-state index in [-0.39, 0.29) is 0 Å². The van der Waals surface area contributed by atoms with Crippen molar-refractivity contribution in [2.24, 2.45) is 0 Å². The lowest BCUT2D eigenvalue weighted by Gasteiger charge is -2.09. The fraction of sp³-hybridized carbons (Fsp3) is 0.167. The van der Waals surface area contributed by atoms with E-state index in [1.807, 2.05) is 18.2 Å². The zero-order valence-corrected chi connectivity index (χ0v) is 17.0. The van der Waals surface area contributed by atoms with Gasteiger partial charge in [-0.1, -0.05) is 66.4 Å². The SMILES string of the molecule is Cc1cc2nnc(SCCCOc3cccc4ccccc34)n2c2ccccc12. The zero-order valence-electron chi connectivity index (χ0n) is 16.2. The van der Waals surface area contributed by atoms with Crippen molar-refractivity contribution in [3.8, 4) is 5.75 Å². The second-order valence-electron chi connectivity index (χ2n) is 7.05. The quantitative estimate of drug-likeness (QED) is 0.263. The fourth-order valence-electron chi connectivity index (χ4n) is 3.69. The smallest absolute Gasteiger partial charge is 0.196 e. The fourth-order valence-corrected chi connectivity index (χ4v) is 4.56. The van der Waals surface area contributed by atoms with Crippen LogP contribution < -0.4 is 4.74 Å². The van der Waals surface area contributed by atoms with Crippen LogP contribution in [0.4, 0.5) is 0 Å². The van der Waals surface area contributed by atoms with Crippen LogP contribution in [0.1, 0.15) is 12.0 Å². The molecule has 0 unspecified atom stereocenters. The van der Waals surface area contributed by atoms with E-state index in [1.165, 1.54) is 16.3 Å². The molecule has 2 heterocycles. The Hall–Kier alpha value is -3.05. The molecule has 2 aromatic heterocycles. The summed E-state index contributed by atoms with van der Waals surface area (Å²) in [7, 11) is 0. The molecule has 0 aliphatic rings. The summed E-state index contributed by atoms with van der Waals surface area (Å²) in [6.07, 6.45) is 0.937. The molecule has 5 aromatic rings. The van der Waals surface area contributed by atoms with Crippen molar-refractivity contribution in [3.63, 3.8) is 0 Å². The van der Waals surface area contributed by atoms with Crippen molar-refractivity contribution in [1.82, 2.24) is 14.6 Å². The van der Waals surface area contributed by atoms with Crippen LogP contribution in [0.25, 0.3) is 27.3 Å². The summed E-state index contributed by atoms with van der Waals surface area (Å²) in [4.78, 5) is 0. The molecule has 0 aliphatic carbocycles. The monoisotopic (exact) mass is 399 g/mol. The maximum atomic E-state index is 6.06. The van der Waals surface area contributed by atoms with Gasteiger partial charge < -0.3 is 4.74 Å². The summed E-state index contributed by atoms with van der Waals surface area (Å²) in [5, 5.41) is 13.3. The number of para-hydroxylation sites is 1. The van der Waals surface area contributed by atoms with Gasteiger partial charge in [-0.3, -0.25) is 4.40 Å². The summed E-state index contributed by atoms with van der Waals surface area (Å²) in [5.74, 6) is 1.87. The molecule has 144 valence electrons. The molecule has 0 radical (unpaired) electrons. The van der Waals surface area contributed by atoms with Gasteiger partial charge in [-0.05, 0) is 42.5 Å². The second-order valence-corrected chi connectivity index (χ2v) is 8.11. The standard InChI is InChI=1S/C24H21N3OS/c1-17-16-23-25-26-24(27(23)21-12-5-4-10-19(17)21)29-15-7-14-28-22-13-6-9-18-8-2-3-11-20(18)22/h2-6,8-13,16H,7,14-15H2,1H3. The first-order chi connectivity index (χ1) is 14.3. The van der Waals surface area contributed by atoms with Crippen LogP contribution in [0.15, 0.2) is 78.0 Å². The Bertz CT molecular complexity index is 1310. The summed E-state index contributed by atoms with van der Waals surface area (Å²) in [6.45, 7) is 2.80. The first kappa shape index (κ1) is 18.0. The maximum absolute atomic E-state index is 6.06. The van der Waals surface area contributed by atoms with Crippen LogP contribution in [0.5, 0.6) is 5.75 Å². The molecule has 0 saturated heterocycles. The van der Waals surface area contributed by atoms with Gasteiger partial charge in [-0.25, -0.2) is 0 Å². The summed E-state index contributed by atoms with van der Waals surface area (Å²) in [5.41, 5.74) is 3.28. The molecule has 29 heavy (non-hydrogen) atoms. The highest BCUT2D eigenvalue weighted by Crippen LogP contribution is 2.27. The Morgan fingerprint density at radius 2 is 1.69 bits per heavy atom. The third kappa shape index (κ3) is 3.42. The van der Waals surface area contributed by atoms with Gasteiger partial charge in [0.15, 0.2) is 10.8 Å². The van der Waals surface area contributed by atoms with Gasteiger partial charge in [0.25, 0.3) is 0 Å². The minimum atomic E-state index is 0.678. The van der Waals surface area contributed by atoms with E-state index < -0.39 is 0 Å². The van der Waals surface area contributed by atoms with Gasteiger partial charge in [0.2, 0.25) is 0 Å². The second kappa shape index (κ2) is 7.76. The van der Waals surface area contributed by atoms with Gasteiger partial charge in [-0.15, -0.1) is 10.2 Å². The molecule has 5 heteroatoms. The van der Waals surface area contributed by atoms with E-state index in [1.54, 1.807) is 11.8 Å². The van der Waals surface area contributed by atoms with Crippen molar-refractivity contribution in [1.29, 1.82) is 0 Å². The maximum Gasteiger partial charge on any atom is 0.196 e. The summed E-state index contributed by atoms with van der Waals surface area (Å²) in [6, 6.07) is 25.0. The number of aryl methyl sites for hydroxylation is 1. The van der Waals surface area contributed by atoms with Crippen molar-refractivity contribution in [3.05, 3.63) is 78.4 Å². The molecular weight excluding hydrogens is 378 g/mol. The van der Waals surface area contributed by atoms with Gasteiger partial charge in [0.05, 0.1) is 12.1 Å². The van der Waals surface area contributed by atoms with Gasteiger partial charge >= 0.3 is 0 Å². The molecule has 0 bridgehead atoms. The predicted octanol–water partition coefficient (Wildman–Crippen LogP) is 5.91. The predicted molar refractivity (Wildman–Crippen MR) is 120 cm³/mol. The van der Waals surface area contributed by atoms with Gasteiger partial charge in [0.1, 0.15) is 5.75 Å². The van der Waals surface area contributed by atoms with Crippen molar-refractivity contribution in [2.75, 3.05) is 12.4 Å². The van der Waals surface area contributed by atoms with Crippen LogP contribution in [-0.4, -0.2) is 27.0 Å². The number of hydrogen-bond donors (Lipinski definition) is 0. The Morgan fingerprint density at radius 1 is 0.897 bits per heavy atom. The van der Waals surface area contributed by atoms with E-state index in [2.05, 4.69) is 76.1 Å². The van der Waals surface area contributed by atoms with E-state index >= 15 is 0 Å². The molecule has 0 atom stereocenters. The number of fused-ring (bicyclic) bond motifs is 4. The largest absolute Gasteiger partial charge is 0.493 e. The molecule has 0 N–H and O–H groups in total. The molecule has 4 nitrogen and oxygen atoms in total. The summed E-state index contributed by atoms with van der Waals surface area (Å²) < 4.78 is 8.21. The molecule has 0 spiro atoms. The Kier molecular flexibility index (Phi) is 4.82. The number of benzene rings is 3. The van der Waals surface area contributed by atoms with E-state index in [9.17, 15) is 0 Å². The van der Waals surface area contributed by atoms with E-state index in [0.717, 1.165) is 39.6 Å². The van der Waals surface area contributed by atoms with Gasteiger partial charge in [-0.2, -0.15) is 0 Å². The molecule has 3 aromatic carbocycles.